The van der Waals surface area contributed by atoms with Crippen molar-refractivity contribution < 1.29 is 0 Å². The fraction of sp³-hybridized carbons (Fsp3) is 0.583. The van der Waals surface area contributed by atoms with Crippen LogP contribution in [0.1, 0.15) is 49.6 Å². The SMILES string of the molecule is CC(C)c1ccc2c(n1)CCCC2. The predicted octanol–water partition coefficient (Wildman–Crippen LogP) is 3.08. The topological polar surface area (TPSA) is 12.9 Å². The Kier molecular flexibility index (Phi) is 2.34. The molecule has 0 N–H and O–H groups in total. The van der Waals surface area contributed by atoms with E-state index in [0.717, 1.165) is 0 Å². The summed E-state index contributed by atoms with van der Waals surface area (Å²) in [5, 5.41) is 0. The first-order chi connectivity index (χ1) is 6.27. The lowest BCUT2D eigenvalue weighted by atomic mass is 9.95. The normalized spacial score (nSPS) is 15.9. The largest absolute Gasteiger partial charge is 0.257 e. The van der Waals surface area contributed by atoms with Crippen molar-refractivity contribution in [2.24, 2.45) is 0 Å². The van der Waals surface area contributed by atoms with Crippen LogP contribution in [-0.2, 0) is 12.8 Å². The Balaban J connectivity index is 2.35. The summed E-state index contributed by atoms with van der Waals surface area (Å²) in [4.78, 5) is 4.71. The van der Waals surface area contributed by atoms with Crippen LogP contribution in [0.3, 0.4) is 0 Å². The van der Waals surface area contributed by atoms with Gasteiger partial charge in [0, 0.05) is 11.4 Å². The van der Waals surface area contributed by atoms with E-state index in [1.165, 1.54) is 42.6 Å². The molecule has 1 aliphatic carbocycles. The van der Waals surface area contributed by atoms with Crippen LogP contribution < -0.4 is 0 Å². The second kappa shape index (κ2) is 3.49. The minimum Gasteiger partial charge on any atom is -0.257 e. The van der Waals surface area contributed by atoms with Gasteiger partial charge in [0.2, 0.25) is 0 Å². The van der Waals surface area contributed by atoms with Crippen LogP contribution in [0.15, 0.2) is 12.1 Å². The summed E-state index contributed by atoms with van der Waals surface area (Å²) >= 11 is 0. The van der Waals surface area contributed by atoms with Gasteiger partial charge in [0.25, 0.3) is 0 Å². The molecule has 1 heterocycles. The lowest BCUT2D eigenvalue weighted by Crippen LogP contribution is -2.07. The van der Waals surface area contributed by atoms with Crippen LogP contribution >= 0.6 is 0 Å². The second-order valence-electron chi connectivity index (χ2n) is 4.20. The van der Waals surface area contributed by atoms with Gasteiger partial charge in [0.15, 0.2) is 0 Å². The molecule has 0 saturated heterocycles. The number of hydrogen-bond donors (Lipinski definition) is 0. The van der Waals surface area contributed by atoms with Gasteiger partial charge in [-0.1, -0.05) is 19.9 Å². The maximum Gasteiger partial charge on any atom is 0.0438 e. The van der Waals surface area contributed by atoms with E-state index in [9.17, 15) is 0 Å². The minimum absolute atomic E-state index is 0.562. The van der Waals surface area contributed by atoms with Crippen molar-refractivity contribution in [3.8, 4) is 0 Å². The van der Waals surface area contributed by atoms with E-state index in [4.69, 9.17) is 4.98 Å². The maximum atomic E-state index is 4.71. The summed E-state index contributed by atoms with van der Waals surface area (Å²) in [5.74, 6) is 0.562. The van der Waals surface area contributed by atoms with Crippen LogP contribution in [0.4, 0.5) is 0 Å². The van der Waals surface area contributed by atoms with Gasteiger partial charge >= 0.3 is 0 Å². The smallest absolute Gasteiger partial charge is 0.0438 e. The average Bonchev–Trinajstić information content (AvgIpc) is 2.17. The van der Waals surface area contributed by atoms with Crippen LogP contribution in [0, 0.1) is 0 Å². The lowest BCUT2D eigenvalue weighted by molar-refractivity contribution is 0.657. The number of pyridine rings is 1. The van der Waals surface area contributed by atoms with E-state index in [1.54, 1.807) is 0 Å². The summed E-state index contributed by atoms with van der Waals surface area (Å²) in [7, 11) is 0. The summed E-state index contributed by atoms with van der Waals surface area (Å²) in [6.45, 7) is 4.41. The first-order valence-electron chi connectivity index (χ1n) is 5.26. The molecule has 0 aromatic carbocycles. The number of aryl methyl sites for hydroxylation is 2. The van der Waals surface area contributed by atoms with Gasteiger partial charge in [-0.05, 0) is 43.2 Å². The molecular formula is C12H17N. The standard InChI is InChI=1S/C12H17N/c1-9(2)11-8-7-10-5-3-4-6-12(10)13-11/h7-9H,3-6H2,1-2H3. The van der Waals surface area contributed by atoms with Gasteiger partial charge in [-0.15, -0.1) is 0 Å². The molecule has 0 radical (unpaired) electrons. The van der Waals surface area contributed by atoms with Gasteiger partial charge in [0.1, 0.15) is 0 Å². The van der Waals surface area contributed by atoms with Crippen LogP contribution in [0.5, 0.6) is 0 Å². The summed E-state index contributed by atoms with van der Waals surface area (Å²) < 4.78 is 0. The summed E-state index contributed by atoms with van der Waals surface area (Å²) in [5.41, 5.74) is 4.09. The fourth-order valence-electron chi connectivity index (χ4n) is 1.92. The first kappa shape index (κ1) is 8.74. The third-order valence-electron chi connectivity index (χ3n) is 2.79. The first-order valence-corrected chi connectivity index (χ1v) is 5.26. The molecule has 0 saturated carbocycles. The molecule has 70 valence electrons. The molecule has 0 aliphatic heterocycles. The lowest BCUT2D eigenvalue weighted by Gasteiger charge is -2.16. The van der Waals surface area contributed by atoms with E-state index in [2.05, 4.69) is 26.0 Å². The Labute approximate surface area is 80.2 Å². The zero-order valence-corrected chi connectivity index (χ0v) is 8.51. The monoisotopic (exact) mass is 175 g/mol. The highest BCUT2D eigenvalue weighted by Crippen LogP contribution is 2.21. The van der Waals surface area contributed by atoms with Crippen molar-refractivity contribution in [1.29, 1.82) is 0 Å². The Bertz CT molecular complexity index is 302. The Morgan fingerprint density at radius 2 is 1.92 bits per heavy atom. The molecule has 0 amide bonds. The molecule has 2 rings (SSSR count). The third kappa shape index (κ3) is 1.74. The van der Waals surface area contributed by atoms with Crippen molar-refractivity contribution in [1.82, 2.24) is 4.98 Å². The van der Waals surface area contributed by atoms with Crippen molar-refractivity contribution in [3.63, 3.8) is 0 Å². The minimum atomic E-state index is 0.562. The predicted molar refractivity (Wildman–Crippen MR) is 55.0 cm³/mol. The molecule has 1 nitrogen and oxygen atoms in total. The second-order valence-corrected chi connectivity index (χ2v) is 4.20. The van der Waals surface area contributed by atoms with Crippen LogP contribution in [-0.4, -0.2) is 4.98 Å². The number of hydrogen-bond acceptors (Lipinski definition) is 1. The van der Waals surface area contributed by atoms with Gasteiger partial charge in [-0.2, -0.15) is 0 Å². The fourth-order valence-corrected chi connectivity index (χ4v) is 1.92. The van der Waals surface area contributed by atoms with Gasteiger partial charge < -0.3 is 0 Å². The molecule has 1 aromatic heterocycles. The molecule has 1 aromatic rings. The molecule has 0 atom stereocenters. The van der Waals surface area contributed by atoms with E-state index in [-0.39, 0.29) is 0 Å². The molecule has 0 bridgehead atoms. The summed E-state index contributed by atoms with van der Waals surface area (Å²) in [6.07, 6.45) is 5.09. The Morgan fingerprint density at radius 1 is 1.15 bits per heavy atom. The van der Waals surface area contributed by atoms with Gasteiger partial charge in [-0.3, -0.25) is 4.98 Å². The molecule has 0 spiro atoms. The molecule has 1 heteroatoms. The van der Waals surface area contributed by atoms with E-state index in [0.29, 0.717) is 5.92 Å². The highest BCUT2D eigenvalue weighted by atomic mass is 14.7. The molecule has 13 heavy (non-hydrogen) atoms. The zero-order valence-electron chi connectivity index (χ0n) is 8.51. The number of nitrogens with zero attached hydrogens (tertiary/aromatic N) is 1. The Hall–Kier alpha value is -0.850. The van der Waals surface area contributed by atoms with Crippen molar-refractivity contribution in [3.05, 3.63) is 29.1 Å². The van der Waals surface area contributed by atoms with E-state index < -0.39 is 0 Å². The summed E-state index contributed by atoms with van der Waals surface area (Å²) in [6, 6.07) is 4.46. The van der Waals surface area contributed by atoms with Crippen molar-refractivity contribution >= 4 is 0 Å². The Morgan fingerprint density at radius 3 is 2.69 bits per heavy atom. The molecule has 0 unspecified atom stereocenters. The van der Waals surface area contributed by atoms with E-state index in [1.807, 2.05) is 0 Å². The highest BCUT2D eigenvalue weighted by Gasteiger charge is 2.11. The zero-order chi connectivity index (χ0) is 9.26. The number of rotatable bonds is 1. The van der Waals surface area contributed by atoms with Gasteiger partial charge in [-0.25, -0.2) is 0 Å². The average molecular weight is 175 g/mol. The number of aromatic nitrogens is 1. The van der Waals surface area contributed by atoms with Crippen LogP contribution in [0.2, 0.25) is 0 Å². The van der Waals surface area contributed by atoms with Gasteiger partial charge in [0.05, 0.1) is 0 Å². The van der Waals surface area contributed by atoms with E-state index >= 15 is 0 Å². The van der Waals surface area contributed by atoms with Crippen LogP contribution in [0.25, 0.3) is 0 Å². The maximum absolute atomic E-state index is 4.71. The van der Waals surface area contributed by atoms with Crippen molar-refractivity contribution in [2.45, 2.75) is 45.4 Å². The quantitative estimate of drug-likeness (QED) is 0.639. The highest BCUT2D eigenvalue weighted by molar-refractivity contribution is 5.26. The molecule has 1 aliphatic rings. The molecular weight excluding hydrogens is 158 g/mol. The molecule has 0 fully saturated rings. The van der Waals surface area contributed by atoms with Crippen molar-refractivity contribution in [2.75, 3.05) is 0 Å². The third-order valence-corrected chi connectivity index (χ3v) is 2.79. The number of fused-ring (bicyclic) bond motifs is 1.